The van der Waals surface area contributed by atoms with Gasteiger partial charge in [-0.2, -0.15) is 9.78 Å². The summed E-state index contributed by atoms with van der Waals surface area (Å²) >= 11 is 0. The van der Waals surface area contributed by atoms with Crippen LogP contribution in [0.5, 0.6) is 0 Å². The number of rotatable bonds is 4. The van der Waals surface area contributed by atoms with E-state index in [0.29, 0.717) is 12.8 Å². The maximum absolute atomic E-state index is 11.8. The van der Waals surface area contributed by atoms with Gasteiger partial charge in [-0.05, 0) is 54.4 Å². The van der Waals surface area contributed by atoms with Crippen molar-refractivity contribution in [3.8, 4) is 0 Å². The van der Waals surface area contributed by atoms with Gasteiger partial charge in [0.2, 0.25) is 0 Å². The van der Waals surface area contributed by atoms with Crippen LogP contribution in [0.2, 0.25) is 0 Å². The predicted octanol–water partition coefficient (Wildman–Crippen LogP) is 2.56. The number of hydrogen-bond acceptors (Lipinski definition) is 6. The SMILES string of the molecule is CC(C)(C)OOC(=O)C1CCC1C(=O)OOC(C)(C)C. The first-order chi connectivity index (χ1) is 8.99. The molecule has 2 unspecified atom stereocenters. The van der Waals surface area contributed by atoms with Crippen molar-refractivity contribution in [2.75, 3.05) is 0 Å². The minimum absolute atomic E-state index is 0.520. The Hall–Kier alpha value is -1.14. The Morgan fingerprint density at radius 1 is 0.750 bits per heavy atom. The third kappa shape index (κ3) is 5.46. The van der Waals surface area contributed by atoms with Gasteiger partial charge < -0.3 is 0 Å². The lowest BCUT2D eigenvalue weighted by Gasteiger charge is -2.32. The monoisotopic (exact) mass is 288 g/mol. The summed E-state index contributed by atoms with van der Waals surface area (Å²) in [7, 11) is 0. The van der Waals surface area contributed by atoms with Crippen molar-refractivity contribution in [1.29, 1.82) is 0 Å². The Balaban J connectivity index is 2.42. The van der Waals surface area contributed by atoms with Gasteiger partial charge in [0, 0.05) is 0 Å². The van der Waals surface area contributed by atoms with E-state index in [9.17, 15) is 9.59 Å². The van der Waals surface area contributed by atoms with E-state index in [1.807, 2.05) is 0 Å². The van der Waals surface area contributed by atoms with E-state index in [1.54, 1.807) is 41.5 Å². The summed E-state index contributed by atoms with van der Waals surface area (Å²) in [4.78, 5) is 43.0. The van der Waals surface area contributed by atoms with E-state index >= 15 is 0 Å². The molecule has 1 saturated carbocycles. The third-order valence-electron chi connectivity index (χ3n) is 2.63. The zero-order valence-electron chi connectivity index (χ0n) is 13.0. The summed E-state index contributed by atoms with van der Waals surface area (Å²) in [5.41, 5.74) is -1.16. The molecule has 20 heavy (non-hydrogen) atoms. The molecular weight excluding hydrogens is 264 g/mol. The van der Waals surface area contributed by atoms with Gasteiger partial charge in [-0.1, -0.05) is 0 Å². The van der Waals surface area contributed by atoms with E-state index in [4.69, 9.17) is 19.6 Å². The molecule has 1 fully saturated rings. The first kappa shape index (κ1) is 16.9. The fourth-order valence-corrected chi connectivity index (χ4v) is 1.52. The number of hydrogen-bond donors (Lipinski definition) is 0. The van der Waals surface area contributed by atoms with Gasteiger partial charge in [-0.25, -0.2) is 9.59 Å². The molecule has 116 valence electrons. The van der Waals surface area contributed by atoms with Crippen LogP contribution in [0.15, 0.2) is 0 Å². The predicted molar refractivity (Wildman–Crippen MR) is 70.1 cm³/mol. The lowest BCUT2D eigenvalue weighted by Crippen LogP contribution is -2.41. The summed E-state index contributed by atoms with van der Waals surface area (Å²) in [6, 6.07) is 0. The molecule has 1 rings (SSSR count). The molecule has 0 bridgehead atoms. The fourth-order valence-electron chi connectivity index (χ4n) is 1.52. The Kier molecular flexibility index (Phi) is 5.15. The van der Waals surface area contributed by atoms with Gasteiger partial charge >= 0.3 is 11.9 Å². The molecule has 6 heteroatoms. The maximum atomic E-state index is 11.8. The fraction of sp³-hybridized carbons (Fsp3) is 0.857. The highest BCUT2D eigenvalue weighted by atomic mass is 17.2. The van der Waals surface area contributed by atoms with Gasteiger partial charge in [-0.15, -0.1) is 0 Å². The molecule has 0 heterocycles. The summed E-state index contributed by atoms with van der Waals surface area (Å²) in [5, 5.41) is 0. The largest absolute Gasteiger partial charge is 0.346 e. The summed E-state index contributed by atoms with van der Waals surface area (Å²) in [6.45, 7) is 10.6. The molecule has 1 aliphatic rings. The van der Waals surface area contributed by atoms with Crippen molar-refractivity contribution in [1.82, 2.24) is 0 Å². The van der Waals surface area contributed by atoms with Crippen molar-refractivity contribution in [2.24, 2.45) is 11.8 Å². The first-order valence-electron chi connectivity index (χ1n) is 6.79. The van der Waals surface area contributed by atoms with Crippen molar-refractivity contribution < 1.29 is 29.1 Å². The van der Waals surface area contributed by atoms with Gasteiger partial charge in [0.25, 0.3) is 0 Å². The van der Waals surface area contributed by atoms with Crippen LogP contribution in [0.25, 0.3) is 0 Å². The normalized spacial score (nSPS) is 22.9. The van der Waals surface area contributed by atoms with Crippen molar-refractivity contribution >= 4 is 11.9 Å². The lowest BCUT2D eigenvalue weighted by atomic mass is 9.74. The summed E-state index contributed by atoms with van der Waals surface area (Å²) < 4.78 is 0. The molecule has 0 saturated heterocycles. The van der Waals surface area contributed by atoms with Crippen molar-refractivity contribution in [2.45, 2.75) is 65.6 Å². The zero-order chi connectivity index (χ0) is 15.6. The molecule has 0 aliphatic heterocycles. The second-order valence-corrected chi connectivity index (χ2v) is 6.99. The van der Waals surface area contributed by atoms with Crippen LogP contribution in [0.4, 0.5) is 0 Å². The minimum atomic E-state index is -0.579. The van der Waals surface area contributed by atoms with Crippen LogP contribution < -0.4 is 0 Å². The Bertz CT molecular complexity index is 327. The van der Waals surface area contributed by atoms with Crippen LogP contribution in [0, 0.1) is 11.8 Å². The Morgan fingerprint density at radius 3 is 1.25 bits per heavy atom. The number of carbonyl (C=O) groups is 2. The molecular formula is C14H24O6. The van der Waals surface area contributed by atoms with E-state index in [2.05, 4.69) is 0 Å². The van der Waals surface area contributed by atoms with Crippen LogP contribution in [-0.2, 0) is 29.1 Å². The molecule has 6 nitrogen and oxygen atoms in total. The Morgan fingerprint density at radius 2 is 1.05 bits per heavy atom. The molecule has 0 N–H and O–H groups in total. The maximum Gasteiger partial charge on any atom is 0.346 e. The highest BCUT2D eigenvalue weighted by Crippen LogP contribution is 2.36. The zero-order valence-corrected chi connectivity index (χ0v) is 13.0. The Labute approximate surface area is 119 Å². The molecule has 0 aromatic heterocycles. The first-order valence-corrected chi connectivity index (χ1v) is 6.79. The lowest BCUT2D eigenvalue weighted by molar-refractivity contribution is -0.333. The molecule has 0 spiro atoms. The molecule has 0 aromatic rings. The second kappa shape index (κ2) is 6.10. The van der Waals surface area contributed by atoms with E-state index in [-0.39, 0.29) is 0 Å². The van der Waals surface area contributed by atoms with Gasteiger partial charge in [-0.3, -0.25) is 9.78 Å². The molecule has 2 atom stereocenters. The van der Waals surface area contributed by atoms with Crippen molar-refractivity contribution in [3.05, 3.63) is 0 Å². The van der Waals surface area contributed by atoms with Crippen LogP contribution in [0.3, 0.4) is 0 Å². The third-order valence-corrected chi connectivity index (χ3v) is 2.63. The highest BCUT2D eigenvalue weighted by Gasteiger charge is 2.45. The van der Waals surface area contributed by atoms with Crippen LogP contribution in [-0.4, -0.2) is 23.1 Å². The van der Waals surface area contributed by atoms with E-state index in [0.717, 1.165) is 0 Å². The smallest absolute Gasteiger partial charge is 0.297 e. The quantitative estimate of drug-likeness (QED) is 0.585. The van der Waals surface area contributed by atoms with Gasteiger partial charge in [0.05, 0.1) is 11.8 Å². The topological polar surface area (TPSA) is 71.1 Å². The summed E-state index contributed by atoms with van der Waals surface area (Å²) in [5.74, 6) is -2.12. The number of carbonyl (C=O) groups excluding carboxylic acids is 2. The molecule has 0 radical (unpaired) electrons. The van der Waals surface area contributed by atoms with Gasteiger partial charge in [0.1, 0.15) is 11.2 Å². The molecule has 0 aromatic carbocycles. The van der Waals surface area contributed by atoms with Crippen LogP contribution in [0.1, 0.15) is 54.4 Å². The highest BCUT2D eigenvalue weighted by molar-refractivity contribution is 5.83. The standard InChI is InChI=1S/C14H24O6/c1-13(2,3)19-17-11(15)9-7-8-10(9)12(16)18-20-14(4,5)6/h9-10H,7-8H2,1-6H3. The van der Waals surface area contributed by atoms with Gasteiger partial charge in [0.15, 0.2) is 0 Å². The minimum Gasteiger partial charge on any atom is -0.297 e. The van der Waals surface area contributed by atoms with E-state index in [1.165, 1.54) is 0 Å². The van der Waals surface area contributed by atoms with Crippen molar-refractivity contribution in [3.63, 3.8) is 0 Å². The van der Waals surface area contributed by atoms with Crippen LogP contribution >= 0.6 is 0 Å². The average Bonchev–Trinajstić information content (AvgIpc) is 2.20. The van der Waals surface area contributed by atoms with E-state index < -0.39 is 35.0 Å². The summed E-state index contributed by atoms with van der Waals surface area (Å²) in [6.07, 6.45) is 1.17. The molecule has 1 aliphatic carbocycles. The second-order valence-electron chi connectivity index (χ2n) is 6.99. The average molecular weight is 288 g/mol. The molecule has 0 amide bonds.